The van der Waals surface area contributed by atoms with Crippen LogP contribution in [-0.4, -0.2) is 56.9 Å². The predicted molar refractivity (Wildman–Crippen MR) is 169 cm³/mol. The van der Waals surface area contributed by atoms with Crippen LogP contribution in [0.2, 0.25) is 0 Å². The number of carbonyl (C=O) groups is 4. The van der Waals surface area contributed by atoms with Crippen LogP contribution in [0.5, 0.6) is 23.0 Å². The minimum Gasteiger partial charge on any atom is -0.478 e. The lowest BCUT2D eigenvalue weighted by Gasteiger charge is -2.39. The maximum atomic E-state index is 15.8. The SMILES string of the molecule is CCF.O=C(O)c1ccc(Oc2ccc(C3(c4ccc(Oc5ccc(C(=O)O)c(C(=O)O)c5)cc4)C=CC=CC3(F)F)cc2)cc1C(=O)O. The number of rotatable bonds is 10. The van der Waals surface area contributed by atoms with Gasteiger partial charge in [-0.3, -0.25) is 4.39 Å². The van der Waals surface area contributed by atoms with Crippen molar-refractivity contribution in [2.24, 2.45) is 0 Å². The van der Waals surface area contributed by atoms with E-state index < -0.39 is 57.5 Å². The van der Waals surface area contributed by atoms with E-state index in [1.54, 1.807) is 0 Å². The van der Waals surface area contributed by atoms with Crippen molar-refractivity contribution in [3.63, 3.8) is 0 Å². The van der Waals surface area contributed by atoms with Crippen LogP contribution in [0.4, 0.5) is 13.2 Å². The first-order chi connectivity index (χ1) is 23.2. The van der Waals surface area contributed by atoms with Crippen LogP contribution in [0.15, 0.2) is 109 Å². The molecule has 0 amide bonds. The van der Waals surface area contributed by atoms with E-state index in [-0.39, 0.29) is 40.8 Å². The van der Waals surface area contributed by atoms with E-state index in [1.807, 2.05) is 0 Å². The Morgan fingerprint density at radius 2 is 0.878 bits per heavy atom. The van der Waals surface area contributed by atoms with E-state index in [2.05, 4.69) is 0 Å². The summed E-state index contributed by atoms with van der Waals surface area (Å²) in [5, 5.41) is 37.2. The zero-order chi connectivity index (χ0) is 35.9. The van der Waals surface area contributed by atoms with Gasteiger partial charge in [0.15, 0.2) is 0 Å². The summed E-state index contributed by atoms with van der Waals surface area (Å²) in [7, 11) is 0. The fraction of sp³-hybridized carbons (Fsp3) is 0.111. The van der Waals surface area contributed by atoms with Crippen molar-refractivity contribution in [3.05, 3.63) is 143 Å². The summed E-state index contributed by atoms with van der Waals surface area (Å²) in [5.41, 5.74) is -3.41. The third kappa shape index (κ3) is 7.46. The van der Waals surface area contributed by atoms with Crippen LogP contribution < -0.4 is 9.47 Å². The summed E-state index contributed by atoms with van der Waals surface area (Å²) in [6.07, 6.45) is 4.85. The van der Waals surface area contributed by atoms with Crippen LogP contribution in [0.3, 0.4) is 0 Å². The van der Waals surface area contributed by atoms with Gasteiger partial charge in [0.2, 0.25) is 0 Å². The molecule has 4 aromatic carbocycles. The van der Waals surface area contributed by atoms with Crippen molar-refractivity contribution < 1.29 is 62.2 Å². The number of carboxylic acid groups (broad SMARTS) is 4. The number of halogens is 3. The van der Waals surface area contributed by atoms with E-state index in [1.165, 1.54) is 85.8 Å². The minimum atomic E-state index is -3.40. The van der Waals surface area contributed by atoms with Gasteiger partial charge in [0.25, 0.3) is 5.92 Å². The number of benzene rings is 4. The van der Waals surface area contributed by atoms with Gasteiger partial charge in [-0.2, -0.15) is 0 Å². The summed E-state index contributed by atoms with van der Waals surface area (Å²) in [4.78, 5) is 45.7. The van der Waals surface area contributed by atoms with Gasteiger partial charge >= 0.3 is 23.9 Å². The summed E-state index contributed by atoms with van der Waals surface area (Å²) in [5.74, 6) is -8.76. The van der Waals surface area contributed by atoms with Crippen molar-refractivity contribution in [2.45, 2.75) is 18.3 Å². The molecule has 252 valence electrons. The molecule has 0 radical (unpaired) electrons. The molecule has 0 saturated carbocycles. The van der Waals surface area contributed by atoms with E-state index >= 15 is 8.78 Å². The molecular formula is C36H27F3O10. The maximum Gasteiger partial charge on any atom is 0.336 e. The molecule has 1 aliphatic carbocycles. The third-order valence-electron chi connectivity index (χ3n) is 7.28. The average molecular weight is 677 g/mol. The fourth-order valence-electron chi connectivity index (χ4n) is 5.11. The Labute approximate surface area is 276 Å². The van der Waals surface area contributed by atoms with Crippen LogP contribution in [0.1, 0.15) is 59.5 Å². The highest BCUT2D eigenvalue weighted by Crippen LogP contribution is 2.49. The highest BCUT2D eigenvalue weighted by Gasteiger charge is 2.53. The summed E-state index contributed by atoms with van der Waals surface area (Å²) >= 11 is 0. The molecule has 0 heterocycles. The van der Waals surface area contributed by atoms with Gasteiger partial charge in [-0.1, -0.05) is 42.5 Å². The van der Waals surface area contributed by atoms with Gasteiger partial charge in [0, 0.05) is 0 Å². The van der Waals surface area contributed by atoms with Crippen molar-refractivity contribution in [1.29, 1.82) is 0 Å². The Kier molecular flexibility index (Phi) is 10.6. The second-order valence-electron chi connectivity index (χ2n) is 10.3. The van der Waals surface area contributed by atoms with Crippen LogP contribution in [0.25, 0.3) is 0 Å². The van der Waals surface area contributed by atoms with Gasteiger partial charge in [-0.25, -0.2) is 28.0 Å². The maximum absolute atomic E-state index is 15.8. The molecule has 0 fully saturated rings. The predicted octanol–water partition coefficient (Wildman–Crippen LogP) is 8.09. The third-order valence-corrected chi connectivity index (χ3v) is 7.28. The number of aromatic carboxylic acids is 4. The quantitative estimate of drug-likeness (QED) is 0.129. The average Bonchev–Trinajstić information content (AvgIpc) is 3.05. The van der Waals surface area contributed by atoms with Crippen molar-refractivity contribution in [3.8, 4) is 23.0 Å². The molecule has 0 aliphatic heterocycles. The Morgan fingerprint density at radius 1 is 0.551 bits per heavy atom. The molecule has 13 heteroatoms. The first-order valence-electron chi connectivity index (χ1n) is 14.3. The Morgan fingerprint density at radius 3 is 1.20 bits per heavy atom. The Hall–Kier alpha value is -6.37. The smallest absolute Gasteiger partial charge is 0.336 e. The second-order valence-corrected chi connectivity index (χ2v) is 10.3. The van der Waals surface area contributed by atoms with Gasteiger partial charge in [0.05, 0.1) is 28.9 Å². The molecule has 0 atom stereocenters. The zero-order valence-electron chi connectivity index (χ0n) is 25.5. The molecule has 0 spiro atoms. The van der Waals surface area contributed by atoms with E-state index in [4.69, 9.17) is 9.47 Å². The first kappa shape index (κ1) is 35.5. The molecule has 10 nitrogen and oxygen atoms in total. The number of carboxylic acids is 4. The number of alkyl halides is 3. The lowest BCUT2D eigenvalue weighted by Crippen LogP contribution is -2.44. The highest BCUT2D eigenvalue weighted by molar-refractivity contribution is 6.02. The topological polar surface area (TPSA) is 168 Å². The molecule has 0 aromatic heterocycles. The van der Waals surface area contributed by atoms with Crippen LogP contribution >= 0.6 is 0 Å². The Bertz CT molecular complexity index is 1830. The van der Waals surface area contributed by atoms with Gasteiger partial charge in [0.1, 0.15) is 28.4 Å². The number of hydrogen-bond acceptors (Lipinski definition) is 6. The van der Waals surface area contributed by atoms with Crippen molar-refractivity contribution >= 4 is 23.9 Å². The molecule has 0 saturated heterocycles. The van der Waals surface area contributed by atoms with E-state index in [9.17, 15) is 44.0 Å². The largest absolute Gasteiger partial charge is 0.478 e. The molecule has 1 aliphatic rings. The van der Waals surface area contributed by atoms with Crippen molar-refractivity contribution in [1.82, 2.24) is 0 Å². The highest BCUT2D eigenvalue weighted by atomic mass is 19.3. The molecule has 0 bridgehead atoms. The van der Waals surface area contributed by atoms with Gasteiger partial charge < -0.3 is 29.9 Å². The lowest BCUT2D eigenvalue weighted by atomic mass is 9.68. The molecule has 4 aromatic rings. The molecule has 4 N–H and O–H groups in total. The number of hydrogen-bond donors (Lipinski definition) is 4. The Balaban J connectivity index is 0.00000174. The van der Waals surface area contributed by atoms with Gasteiger partial charge in [-0.05, 0) is 84.8 Å². The summed E-state index contributed by atoms with van der Waals surface area (Å²) < 4.78 is 53.3. The zero-order valence-corrected chi connectivity index (χ0v) is 25.5. The van der Waals surface area contributed by atoms with Gasteiger partial charge in [-0.15, -0.1) is 0 Å². The summed E-state index contributed by atoms with van der Waals surface area (Å²) in [6.45, 7) is 1.21. The number of allylic oxidation sites excluding steroid dienone is 4. The van der Waals surface area contributed by atoms with E-state index in [0.29, 0.717) is 0 Å². The van der Waals surface area contributed by atoms with E-state index in [0.717, 1.165) is 30.3 Å². The van der Waals surface area contributed by atoms with Crippen LogP contribution in [0, 0.1) is 0 Å². The minimum absolute atomic E-state index is 0.0272. The summed E-state index contributed by atoms with van der Waals surface area (Å²) in [6, 6.07) is 18.2. The lowest BCUT2D eigenvalue weighted by molar-refractivity contribution is 0.00434. The molecule has 5 rings (SSSR count). The monoisotopic (exact) mass is 676 g/mol. The molecule has 49 heavy (non-hydrogen) atoms. The fourth-order valence-corrected chi connectivity index (χ4v) is 5.11. The molecular weight excluding hydrogens is 649 g/mol. The molecule has 0 unspecified atom stereocenters. The van der Waals surface area contributed by atoms with Crippen molar-refractivity contribution in [2.75, 3.05) is 6.67 Å². The standard InChI is InChI=1S/C34H22F2O10.C2H5F/c35-34(36)16-2-1-15-33(34,19-3-7-21(8-4-19)45-23-11-13-25(29(37)38)27(17-23)31(41)42)20-5-9-22(10-6-20)46-24-12-14-26(30(39)40)28(18-24)32(43)44;1-2-3/h1-18H,(H,37,38)(H,39,40)(H,41,42)(H,43,44);2H2,1H3. The van der Waals surface area contributed by atoms with Crippen LogP contribution in [-0.2, 0) is 5.41 Å². The first-order valence-corrected chi connectivity index (χ1v) is 14.3. The normalized spacial score (nSPS) is 13.8. The second kappa shape index (κ2) is 14.6. The number of ether oxygens (including phenoxy) is 2.